The summed E-state index contributed by atoms with van der Waals surface area (Å²) < 4.78 is 9.88. The second-order valence-electron chi connectivity index (χ2n) is 11.4. The zero-order chi connectivity index (χ0) is 30.6. The lowest BCUT2D eigenvalue weighted by Crippen LogP contribution is -2.11. The monoisotopic (exact) mass is 671 g/mol. The van der Waals surface area contributed by atoms with Crippen molar-refractivity contribution in [3.8, 4) is 22.3 Å². The van der Waals surface area contributed by atoms with Crippen LogP contribution in [0.1, 0.15) is 0 Å². The Bertz CT molecular complexity index is 2550. The van der Waals surface area contributed by atoms with Crippen molar-refractivity contribution in [2.45, 2.75) is 0 Å². The number of nitrogens with zero attached hydrogens (tertiary/aromatic N) is 1. The van der Waals surface area contributed by atoms with Crippen molar-refractivity contribution in [1.29, 1.82) is 0 Å². The van der Waals surface area contributed by atoms with E-state index in [9.17, 15) is 0 Å². The molecule has 0 atom stereocenters. The summed E-state index contributed by atoms with van der Waals surface area (Å²) in [5.41, 5.74) is 9.75. The van der Waals surface area contributed by atoms with Gasteiger partial charge in [-0.25, -0.2) is 0 Å². The van der Waals surface area contributed by atoms with Gasteiger partial charge in [-0.05, 0) is 71.8 Å². The van der Waals surface area contributed by atoms with Crippen LogP contribution in [-0.2, 0) is 0 Å². The van der Waals surface area contributed by atoms with Gasteiger partial charge >= 0.3 is 0 Å². The number of hydrogen-bond donors (Lipinski definition) is 0. The lowest BCUT2D eigenvalue weighted by atomic mass is 9.98. The smallest absolute Gasteiger partial charge is 0.136 e. The van der Waals surface area contributed by atoms with Crippen molar-refractivity contribution >= 4 is 86.4 Å². The van der Waals surface area contributed by atoms with Crippen LogP contribution < -0.4 is 4.90 Å². The molecule has 9 aromatic rings. The van der Waals surface area contributed by atoms with Gasteiger partial charge in [-0.1, -0.05) is 113 Å². The van der Waals surface area contributed by atoms with Gasteiger partial charge in [-0.15, -0.1) is 11.3 Å². The van der Waals surface area contributed by atoms with E-state index in [-0.39, 0.29) is 0 Å². The predicted octanol–water partition coefficient (Wildman–Crippen LogP) is 13.5. The topological polar surface area (TPSA) is 16.4 Å². The molecule has 7 aromatic carbocycles. The first-order chi connectivity index (χ1) is 22.7. The fourth-order valence-corrected chi connectivity index (χ4v) is 8.31. The van der Waals surface area contributed by atoms with Crippen LogP contribution in [0.5, 0.6) is 0 Å². The van der Waals surface area contributed by atoms with Gasteiger partial charge in [0.15, 0.2) is 0 Å². The maximum Gasteiger partial charge on any atom is 0.136 e. The third-order valence-corrected chi connectivity index (χ3v) is 10.6. The molecule has 0 aliphatic carbocycles. The van der Waals surface area contributed by atoms with Crippen LogP contribution in [0.3, 0.4) is 0 Å². The first-order valence-corrected chi connectivity index (χ1v) is 16.9. The van der Waals surface area contributed by atoms with Gasteiger partial charge in [0.2, 0.25) is 0 Å². The first kappa shape index (κ1) is 27.2. The lowest BCUT2D eigenvalue weighted by molar-refractivity contribution is 0.669. The van der Waals surface area contributed by atoms with Crippen LogP contribution in [0.2, 0.25) is 0 Å². The van der Waals surface area contributed by atoms with Crippen LogP contribution in [-0.4, -0.2) is 0 Å². The minimum absolute atomic E-state index is 0.887. The Labute approximate surface area is 278 Å². The Morgan fingerprint density at radius 1 is 0.500 bits per heavy atom. The molecule has 9 rings (SSSR count). The summed E-state index contributed by atoms with van der Waals surface area (Å²) in [6.45, 7) is 0. The van der Waals surface area contributed by atoms with Crippen molar-refractivity contribution in [3.05, 3.63) is 162 Å². The van der Waals surface area contributed by atoms with Crippen molar-refractivity contribution in [2.75, 3.05) is 4.90 Å². The summed E-state index contributed by atoms with van der Waals surface area (Å²) in [5, 5.41) is 4.81. The van der Waals surface area contributed by atoms with Gasteiger partial charge in [0, 0.05) is 57.9 Å². The highest BCUT2D eigenvalue weighted by atomic mass is 79.9. The Morgan fingerprint density at radius 2 is 1.20 bits per heavy atom. The van der Waals surface area contributed by atoms with Gasteiger partial charge in [0.05, 0.1) is 5.69 Å². The number of furan rings is 1. The van der Waals surface area contributed by atoms with Crippen LogP contribution >= 0.6 is 27.3 Å². The molecule has 0 N–H and O–H groups in total. The molecule has 0 aliphatic heterocycles. The second kappa shape index (κ2) is 11.0. The van der Waals surface area contributed by atoms with E-state index in [1.54, 1.807) is 0 Å². The molecule has 2 nitrogen and oxygen atoms in total. The highest BCUT2D eigenvalue weighted by Crippen LogP contribution is 2.45. The van der Waals surface area contributed by atoms with E-state index < -0.39 is 0 Å². The maximum atomic E-state index is 6.23. The average Bonchev–Trinajstić information content (AvgIpc) is 3.68. The summed E-state index contributed by atoms with van der Waals surface area (Å²) in [6.07, 6.45) is 0. The number of rotatable bonds is 5. The van der Waals surface area contributed by atoms with E-state index in [0.29, 0.717) is 0 Å². The van der Waals surface area contributed by atoms with Gasteiger partial charge in [-0.3, -0.25) is 0 Å². The van der Waals surface area contributed by atoms with E-state index in [1.165, 1.54) is 31.3 Å². The molecule has 0 saturated carbocycles. The minimum atomic E-state index is 0.887. The lowest BCUT2D eigenvalue weighted by Gasteiger charge is -2.28. The molecular weight excluding hydrogens is 646 g/mol. The molecule has 0 saturated heterocycles. The summed E-state index contributed by atoms with van der Waals surface area (Å²) >= 11 is 5.71. The fraction of sp³-hybridized carbons (Fsp3) is 0. The molecule has 0 aliphatic rings. The Kier molecular flexibility index (Phi) is 6.51. The van der Waals surface area contributed by atoms with Crippen LogP contribution in [0.4, 0.5) is 17.1 Å². The Hall–Kier alpha value is -5.16. The molecule has 0 fully saturated rings. The second-order valence-corrected chi connectivity index (χ2v) is 13.4. The van der Waals surface area contributed by atoms with Crippen LogP contribution in [0.25, 0.3) is 64.4 Å². The standard InChI is InChI=1S/C42H26BrNOS/c43-35-23-24-38-42(33-14-5-8-16-37(33)45-38)41(35)28-18-20-29(21-19-28)44(36-15-7-4-12-31(36)27-10-2-1-3-11-27)30-22-25-40-34(26-30)32-13-6-9-17-39(32)46-40/h1-26H. The van der Waals surface area contributed by atoms with Crippen molar-refractivity contribution in [3.63, 3.8) is 0 Å². The zero-order valence-corrected chi connectivity index (χ0v) is 27.1. The number of halogens is 1. The molecule has 4 heteroatoms. The van der Waals surface area contributed by atoms with E-state index >= 15 is 0 Å². The van der Waals surface area contributed by atoms with E-state index in [0.717, 1.165) is 54.6 Å². The summed E-state index contributed by atoms with van der Waals surface area (Å²) in [5.74, 6) is 0. The van der Waals surface area contributed by atoms with E-state index in [2.05, 4.69) is 160 Å². The number of fused-ring (bicyclic) bond motifs is 6. The summed E-state index contributed by atoms with van der Waals surface area (Å²) in [6, 6.07) is 56.2. The molecule has 218 valence electrons. The number of benzene rings is 7. The SMILES string of the molecule is Brc1ccc2oc3ccccc3c2c1-c1ccc(N(c2ccc3sc4ccccc4c3c2)c2ccccc2-c2ccccc2)cc1. The molecule has 0 amide bonds. The summed E-state index contributed by atoms with van der Waals surface area (Å²) in [7, 11) is 0. The third kappa shape index (κ3) is 4.45. The first-order valence-electron chi connectivity index (χ1n) is 15.3. The fourth-order valence-electron chi connectivity index (χ4n) is 6.66. The molecule has 2 aromatic heterocycles. The van der Waals surface area contributed by atoms with Gasteiger partial charge in [0.1, 0.15) is 11.2 Å². The number of thiophene rings is 1. The predicted molar refractivity (Wildman–Crippen MR) is 200 cm³/mol. The zero-order valence-electron chi connectivity index (χ0n) is 24.7. The van der Waals surface area contributed by atoms with Gasteiger partial charge < -0.3 is 9.32 Å². The van der Waals surface area contributed by atoms with Gasteiger partial charge in [-0.2, -0.15) is 0 Å². The Morgan fingerprint density at radius 3 is 2.07 bits per heavy atom. The van der Waals surface area contributed by atoms with Crippen LogP contribution in [0.15, 0.2) is 167 Å². The molecule has 0 radical (unpaired) electrons. The molecular formula is C42H26BrNOS. The quantitative estimate of drug-likeness (QED) is 0.181. The Balaban J connectivity index is 1.25. The molecule has 2 heterocycles. The third-order valence-electron chi connectivity index (χ3n) is 8.75. The number of para-hydroxylation sites is 2. The maximum absolute atomic E-state index is 6.23. The van der Waals surface area contributed by atoms with E-state index in [1.807, 2.05) is 29.5 Å². The van der Waals surface area contributed by atoms with Crippen molar-refractivity contribution in [1.82, 2.24) is 0 Å². The average molecular weight is 673 g/mol. The molecule has 46 heavy (non-hydrogen) atoms. The summed E-state index contributed by atoms with van der Waals surface area (Å²) in [4.78, 5) is 2.39. The highest BCUT2D eigenvalue weighted by molar-refractivity contribution is 9.10. The molecule has 0 bridgehead atoms. The minimum Gasteiger partial charge on any atom is -0.456 e. The molecule has 0 unspecified atom stereocenters. The van der Waals surface area contributed by atoms with Crippen molar-refractivity contribution < 1.29 is 4.42 Å². The largest absolute Gasteiger partial charge is 0.456 e. The highest BCUT2D eigenvalue weighted by Gasteiger charge is 2.20. The number of anilines is 3. The number of hydrogen-bond acceptors (Lipinski definition) is 3. The molecule has 0 spiro atoms. The van der Waals surface area contributed by atoms with E-state index in [4.69, 9.17) is 4.42 Å². The normalized spacial score (nSPS) is 11.6. The van der Waals surface area contributed by atoms with Gasteiger partial charge in [0.25, 0.3) is 0 Å². The van der Waals surface area contributed by atoms with Crippen LogP contribution in [0, 0.1) is 0 Å². The van der Waals surface area contributed by atoms with Crippen molar-refractivity contribution in [2.24, 2.45) is 0 Å².